The van der Waals surface area contributed by atoms with Crippen LogP contribution in [0.5, 0.6) is 0 Å². The van der Waals surface area contributed by atoms with Gasteiger partial charge in [-0.3, -0.25) is 4.79 Å². The Balaban J connectivity index is 2.14. The van der Waals surface area contributed by atoms with E-state index in [-0.39, 0.29) is 5.91 Å². The number of nitrogens with one attached hydrogen (secondary N) is 1. The number of nitrogens with zero attached hydrogens (tertiary/aromatic N) is 1. The van der Waals surface area contributed by atoms with Gasteiger partial charge in [-0.25, -0.2) is 0 Å². The van der Waals surface area contributed by atoms with Crippen molar-refractivity contribution >= 4 is 11.6 Å². The van der Waals surface area contributed by atoms with Gasteiger partial charge in [0.25, 0.3) is 5.91 Å². The quantitative estimate of drug-likeness (QED) is 0.836. The van der Waals surface area contributed by atoms with E-state index in [4.69, 9.17) is 4.42 Å². The summed E-state index contributed by atoms with van der Waals surface area (Å²) in [6.45, 7) is 1.93. The highest BCUT2D eigenvalue weighted by Gasteiger charge is 2.42. The van der Waals surface area contributed by atoms with Gasteiger partial charge >= 0.3 is 0 Å². The summed E-state index contributed by atoms with van der Waals surface area (Å²) in [5.41, 5.74) is 0.859. The maximum Gasteiger partial charge on any atom is 0.257 e. The second-order valence-electron chi connectivity index (χ2n) is 4.58. The van der Waals surface area contributed by atoms with E-state index in [2.05, 4.69) is 5.32 Å². The summed E-state index contributed by atoms with van der Waals surface area (Å²) in [5.74, 6) is 0.705. The van der Waals surface area contributed by atoms with Crippen LogP contribution < -0.4 is 5.32 Å². The van der Waals surface area contributed by atoms with Gasteiger partial charge in [-0.1, -0.05) is 12.1 Å². The number of carbonyl (C=O) groups excluding carboxylic acids is 1. The third-order valence-corrected chi connectivity index (χ3v) is 3.51. The average Bonchev–Trinajstić information content (AvgIpc) is 2.91. The van der Waals surface area contributed by atoms with Gasteiger partial charge in [0.05, 0.1) is 11.8 Å². The molecule has 0 bridgehead atoms. The van der Waals surface area contributed by atoms with Crippen molar-refractivity contribution in [2.24, 2.45) is 0 Å². The van der Waals surface area contributed by atoms with Gasteiger partial charge in [0, 0.05) is 12.7 Å². The molecule has 3 rings (SSSR count). The number of carbonyl (C=O) groups is 1. The van der Waals surface area contributed by atoms with Crippen molar-refractivity contribution in [2.75, 3.05) is 12.4 Å². The van der Waals surface area contributed by atoms with Crippen LogP contribution in [0.1, 0.15) is 23.0 Å². The van der Waals surface area contributed by atoms with Gasteiger partial charge in [0.2, 0.25) is 0 Å². The molecule has 1 aromatic carbocycles. The van der Waals surface area contributed by atoms with Crippen LogP contribution in [-0.4, -0.2) is 17.9 Å². The second kappa shape index (κ2) is 3.63. The zero-order valence-corrected chi connectivity index (χ0v) is 10.3. The van der Waals surface area contributed by atoms with E-state index >= 15 is 0 Å². The van der Waals surface area contributed by atoms with Crippen LogP contribution >= 0.6 is 0 Å². The molecule has 18 heavy (non-hydrogen) atoms. The molecule has 1 atom stereocenters. The van der Waals surface area contributed by atoms with Crippen LogP contribution in [0, 0.1) is 0 Å². The Morgan fingerprint density at radius 1 is 1.22 bits per heavy atom. The Morgan fingerprint density at radius 2 is 2.00 bits per heavy atom. The summed E-state index contributed by atoms with van der Waals surface area (Å²) in [5, 5.41) is 3.37. The molecule has 1 aliphatic heterocycles. The van der Waals surface area contributed by atoms with Crippen molar-refractivity contribution in [3.05, 3.63) is 54.0 Å². The predicted octanol–water partition coefficient (Wildman–Crippen LogP) is 2.65. The highest BCUT2D eigenvalue weighted by molar-refractivity contribution is 6.02. The number of furan rings is 1. The molecule has 0 aliphatic carbocycles. The predicted molar refractivity (Wildman–Crippen MR) is 68.2 cm³/mol. The number of amides is 1. The minimum Gasteiger partial charge on any atom is -0.465 e. The van der Waals surface area contributed by atoms with Crippen molar-refractivity contribution in [3.63, 3.8) is 0 Å². The Hall–Kier alpha value is -2.23. The molecular weight excluding hydrogens is 228 g/mol. The van der Waals surface area contributed by atoms with Gasteiger partial charge in [-0.2, -0.15) is 0 Å². The Morgan fingerprint density at radius 3 is 2.72 bits per heavy atom. The van der Waals surface area contributed by atoms with Gasteiger partial charge in [0.1, 0.15) is 5.76 Å². The molecule has 2 aromatic rings. The van der Waals surface area contributed by atoms with Crippen LogP contribution in [0.3, 0.4) is 0 Å². The third-order valence-electron chi connectivity index (χ3n) is 3.51. The fraction of sp³-hybridized carbons (Fsp3) is 0.214. The largest absolute Gasteiger partial charge is 0.465 e. The number of anilines is 1. The lowest BCUT2D eigenvalue weighted by molar-refractivity contribution is 0.0574. The molecule has 2 heterocycles. The summed E-state index contributed by atoms with van der Waals surface area (Å²) in [7, 11) is 1.77. The fourth-order valence-corrected chi connectivity index (χ4v) is 2.29. The number of benzene rings is 1. The van der Waals surface area contributed by atoms with E-state index in [0.29, 0.717) is 11.3 Å². The van der Waals surface area contributed by atoms with E-state index in [9.17, 15) is 4.79 Å². The molecule has 0 radical (unpaired) electrons. The average molecular weight is 242 g/mol. The van der Waals surface area contributed by atoms with E-state index in [1.807, 2.05) is 43.3 Å². The zero-order valence-electron chi connectivity index (χ0n) is 10.3. The smallest absolute Gasteiger partial charge is 0.257 e. The fourth-order valence-electron chi connectivity index (χ4n) is 2.29. The lowest BCUT2D eigenvalue weighted by Crippen LogP contribution is -2.53. The van der Waals surface area contributed by atoms with Crippen molar-refractivity contribution < 1.29 is 9.21 Å². The standard InChI is InChI=1S/C14H14N2O2/c1-14(12-8-5-9-18-12)15-11-7-4-3-6-10(11)13(17)16(14)2/h3-9,15H,1-2H3. The molecule has 1 unspecified atom stereocenters. The molecule has 0 saturated carbocycles. The Bertz CT molecular complexity index is 592. The maximum atomic E-state index is 12.4. The molecule has 1 aliphatic rings. The summed E-state index contributed by atoms with van der Waals surface area (Å²) >= 11 is 0. The molecule has 1 aromatic heterocycles. The first kappa shape index (κ1) is 10.9. The van der Waals surface area contributed by atoms with Crippen LogP contribution in [0.2, 0.25) is 0 Å². The first-order valence-electron chi connectivity index (χ1n) is 5.82. The first-order chi connectivity index (χ1) is 8.63. The molecule has 4 nitrogen and oxygen atoms in total. The number of fused-ring (bicyclic) bond motifs is 1. The number of para-hydroxylation sites is 1. The SMILES string of the molecule is CN1C(=O)c2ccccc2NC1(C)c1ccco1. The zero-order chi connectivity index (χ0) is 12.8. The minimum absolute atomic E-state index is 0.0109. The van der Waals surface area contributed by atoms with Crippen LogP contribution in [0.15, 0.2) is 47.1 Å². The summed E-state index contributed by atoms with van der Waals surface area (Å²) < 4.78 is 5.45. The highest BCUT2D eigenvalue weighted by Crippen LogP contribution is 2.36. The molecule has 92 valence electrons. The molecule has 4 heteroatoms. The molecular formula is C14H14N2O2. The van der Waals surface area contributed by atoms with Gasteiger partial charge in [-0.15, -0.1) is 0 Å². The van der Waals surface area contributed by atoms with Crippen molar-refractivity contribution in [2.45, 2.75) is 12.6 Å². The second-order valence-corrected chi connectivity index (χ2v) is 4.58. The van der Waals surface area contributed by atoms with E-state index in [1.165, 1.54) is 0 Å². The monoisotopic (exact) mass is 242 g/mol. The molecule has 1 N–H and O–H groups in total. The minimum atomic E-state index is -0.658. The summed E-state index contributed by atoms with van der Waals surface area (Å²) in [6, 6.07) is 11.2. The number of hydrogen-bond donors (Lipinski definition) is 1. The lowest BCUT2D eigenvalue weighted by atomic mass is 9.99. The van der Waals surface area contributed by atoms with E-state index in [1.54, 1.807) is 18.2 Å². The number of rotatable bonds is 1. The molecule has 0 spiro atoms. The molecule has 1 amide bonds. The van der Waals surface area contributed by atoms with Crippen molar-refractivity contribution in [1.29, 1.82) is 0 Å². The van der Waals surface area contributed by atoms with Crippen molar-refractivity contribution in [3.8, 4) is 0 Å². The molecule has 0 fully saturated rings. The van der Waals surface area contributed by atoms with Gasteiger partial charge in [0.15, 0.2) is 5.66 Å². The maximum absolute atomic E-state index is 12.4. The summed E-state index contributed by atoms with van der Waals surface area (Å²) in [6.07, 6.45) is 1.61. The Kier molecular flexibility index (Phi) is 2.20. The topological polar surface area (TPSA) is 45.5 Å². The Labute approximate surface area is 105 Å². The highest BCUT2D eigenvalue weighted by atomic mass is 16.3. The summed E-state index contributed by atoms with van der Waals surface area (Å²) in [4.78, 5) is 14.0. The van der Waals surface area contributed by atoms with Crippen LogP contribution in [0.4, 0.5) is 5.69 Å². The van der Waals surface area contributed by atoms with E-state index < -0.39 is 5.66 Å². The van der Waals surface area contributed by atoms with Crippen LogP contribution in [-0.2, 0) is 5.66 Å². The number of hydrogen-bond acceptors (Lipinski definition) is 3. The molecule has 0 saturated heterocycles. The lowest BCUT2D eigenvalue weighted by Gasteiger charge is -2.42. The first-order valence-corrected chi connectivity index (χ1v) is 5.82. The van der Waals surface area contributed by atoms with Gasteiger partial charge in [-0.05, 0) is 31.2 Å². The normalized spacial score (nSPS) is 22.6. The van der Waals surface area contributed by atoms with E-state index in [0.717, 1.165) is 5.69 Å². The van der Waals surface area contributed by atoms with Crippen molar-refractivity contribution in [1.82, 2.24) is 4.90 Å². The van der Waals surface area contributed by atoms with Crippen LogP contribution in [0.25, 0.3) is 0 Å². The van der Waals surface area contributed by atoms with Gasteiger partial charge < -0.3 is 14.6 Å². The third kappa shape index (κ3) is 1.35.